The van der Waals surface area contributed by atoms with E-state index in [1.807, 2.05) is 0 Å². The fourth-order valence-electron chi connectivity index (χ4n) is 2.32. The molecule has 20 heavy (non-hydrogen) atoms. The normalized spacial score (nSPS) is 32.5. The van der Waals surface area contributed by atoms with Gasteiger partial charge in [0.05, 0.1) is 17.4 Å². The van der Waals surface area contributed by atoms with Crippen LogP contribution in [0, 0.1) is 0 Å². The summed E-state index contributed by atoms with van der Waals surface area (Å²) in [6, 6.07) is -0.807. The molecule has 114 valence electrons. The number of nitrogens with one attached hydrogen (secondary N) is 1. The zero-order chi connectivity index (χ0) is 15.4. The number of ether oxygens (including phenoxy) is 2. The number of rotatable bonds is 4. The molecule has 0 aromatic heterocycles. The van der Waals surface area contributed by atoms with Crippen molar-refractivity contribution in [1.82, 2.24) is 5.32 Å². The van der Waals surface area contributed by atoms with Crippen LogP contribution < -0.4 is 5.32 Å². The van der Waals surface area contributed by atoms with Gasteiger partial charge < -0.3 is 19.9 Å². The second-order valence-electron chi connectivity index (χ2n) is 4.57. The molecule has 7 nitrogen and oxygen atoms in total. The van der Waals surface area contributed by atoms with Gasteiger partial charge in [0.1, 0.15) is 0 Å². The Morgan fingerprint density at radius 1 is 1.05 bits per heavy atom. The number of hydrogen-bond donors (Lipinski definition) is 2. The molecule has 1 rings (SSSR count). The molecule has 0 spiro atoms. The third-order valence-electron chi connectivity index (χ3n) is 2.95. The summed E-state index contributed by atoms with van der Waals surface area (Å²) in [6.07, 6.45) is -0.959. The summed E-state index contributed by atoms with van der Waals surface area (Å²) in [4.78, 5) is 33.6. The topological polar surface area (TPSA) is 102 Å². The minimum absolute atomic E-state index is 0.366. The van der Waals surface area contributed by atoms with Crippen molar-refractivity contribution >= 4 is 29.6 Å². The molecule has 0 bridgehead atoms. The molecule has 0 unspecified atom stereocenters. The fourth-order valence-corrected chi connectivity index (χ4v) is 3.24. The fraction of sp³-hybridized carbons (Fsp3) is 0.750. The molecule has 1 fully saturated rings. The van der Waals surface area contributed by atoms with E-state index in [-0.39, 0.29) is 5.91 Å². The zero-order valence-corrected chi connectivity index (χ0v) is 12.6. The van der Waals surface area contributed by atoms with Gasteiger partial charge in [0.25, 0.3) is 0 Å². The Morgan fingerprint density at radius 2 is 1.55 bits per heavy atom. The second kappa shape index (κ2) is 6.94. The van der Waals surface area contributed by atoms with Crippen molar-refractivity contribution in [2.75, 3.05) is 6.26 Å². The Bertz CT molecular complexity index is 401. The first-order valence-corrected chi connectivity index (χ1v) is 7.39. The number of carbonyl (C=O) groups excluding carboxylic acids is 3. The van der Waals surface area contributed by atoms with Crippen LogP contribution in [-0.2, 0) is 23.9 Å². The molecule has 1 aliphatic carbocycles. The second-order valence-corrected chi connectivity index (χ2v) is 5.58. The van der Waals surface area contributed by atoms with Gasteiger partial charge in [-0.05, 0) is 6.26 Å². The van der Waals surface area contributed by atoms with E-state index in [1.165, 1.54) is 32.5 Å². The quantitative estimate of drug-likeness (QED) is 0.673. The molecule has 1 aliphatic rings. The third kappa shape index (κ3) is 3.86. The minimum Gasteiger partial charge on any atom is -0.457 e. The maximum absolute atomic E-state index is 11.2. The standard InChI is InChI=1S/C12H19NO6S/c1-5(14)13-8-9(17)12(20-4)11(19-7(3)16)10(8)18-6(2)15/h8-12,17H,1-4H3,(H,13,14)/t8-,9+,10+,11+,12-/m0/s1. The van der Waals surface area contributed by atoms with Gasteiger partial charge in [-0.25, -0.2) is 0 Å². The Morgan fingerprint density at radius 3 is 1.95 bits per heavy atom. The maximum Gasteiger partial charge on any atom is 0.303 e. The predicted molar refractivity (Wildman–Crippen MR) is 72.0 cm³/mol. The van der Waals surface area contributed by atoms with E-state index < -0.39 is 41.5 Å². The van der Waals surface area contributed by atoms with Gasteiger partial charge in [-0.2, -0.15) is 11.8 Å². The van der Waals surface area contributed by atoms with Crippen LogP contribution in [0.1, 0.15) is 20.8 Å². The third-order valence-corrected chi connectivity index (χ3v) is 4.04. The molecule has 0 aliphatic heterocycles. The number of carbonyl (C=O) groups is 3. The van der Waals surface area contributed by atoms with E-state index in [9.17, 15) is 19.5 Å². The van der Waals surface area contributed by atoms with Crippen molar-refractivity contribution in [1.29, 1.82) is 0 Å². The van der Waals surface area contributed by atoms with Crippen LogP contribution in [0.25, 0.3) is 0 Å². The van der Waals surface area contributed by atoms with Crippen molar-refractivity contribution < 1.29 is 29.0 Å². The molecule has 5 atom stereocenters. The lowest BCUT2D eigenvalue weighted by molar-refractivity contribution is -0.163. The molecule has 0 heterocycles. The van der Waals surface area contributed by atoms with Crippen molar-refractivity contribution in [3.8, 4) is 0 Å². The van der Waals surface area contributed by atoms with Crippen molar-refractivity contribution in [2.45, 2.75) is 50.4 Å². The van der Waals surface area contributed by atoms with Crippen LogP contribution >= 0.6 is 11.8 Å². The van der Waals surface area contributed by atoms with Gasteiger partial charge in [-0.15, -0.1) is 0 Å². The average Bonchev–Trinajstić information content (AvgIpc) is 2.52. The molecule has 1 amide bonds. The van der Waals surface area contributed by atoms with Crippen LogP contribution in [0.3, 0.4) is 0 Å². The van der Waals surface area contributed by atoms with Gasteiger partial charge in [0.15, 0.2) is 12.2 Å². The monoisotopic (exact) mass is 305 g/mol. The largest absolute Gasteiger partial charge is 0.457 e. The zero-order valence-electron chi connectivity index (χ0n) is 11.8. The lowest BCUT2D eigenvalue weighted by Crippen LogP contribution is -2.49. The van der Waals surface area contributed by atoms with Crippen LogP contribution in [0.4, 0.5) is 0 Å². The molecule has 0 aromatic rings. The average molecular weight is 305 g/mol. The summed E-state index contributed by atoms with van der Waals surface area (Å²) < 4.78 is 10.3. The molecule has 0 radical (unpaired) electrons. The van der Waals surface area contributed by atoms with E-state index in [2.05, 4.69) is 5.32 Å². The molecule has 0 saturated heterocycles. The Kier molecular flexibility index (Phi) is 5.82. The first kappa shape index (κ1) is 16.8. The van der Waals surface area contributed by atoms with E-state index >= 15 is 0 Å². The van der Waals surface area contributed by atoms with Crippen molar-refractivity contribution in [3.05, 3.63) is 0 Å². The highest BCUT2D eigenvalue weighted by molar-refractivity contribution is 7.99. The highest BCUT2D eigenvalue weighted by Gasteiger charge is 2.54. The summed E-state index contributed by atoms with van der Waals surface area (Å²) in [5, 5.41) is 12.3. The molecular weight excluding hydrogens is 286 g/mol. The molecule has 1 saturated carbocycles. The summed E-state index contributed by atoms with van der Waals surface area (Å²) in [7, 11) is 0. The summed E-state index contributed by atoms with van der Waals surface area (Å²) in [6.45, 7) is 3.75. The minimum atomic E-state index is -0.984. The smallest absolute Gasteiger partial charge is 0.303 e. The van der Waals surface area contributed by atoms with E-state index in [1.54, 1.807) is 6.26 Å². The number of hydrogen-bond acceptors (Lipinski definition) is 7. The van der Waals surface area contributed by atoms with Crippen LogP contribution in [0.15, 0.2) is 0 Å². The van der Waals surface area contributed by atoms with Gasteiger partial charge in [0.2, 0.25) is 5.91 Å². The van der Waals surface area contributed by atoms with Crippen LogP contribution in [0.2, 0.25) is 0 Å². The maximum atomic E-state index is 11.2. The van der Waals surface area contributed by atoms with Crippen molar-refractivity contribution in [2.24, 2.45) is 0 Å². The number of amides is 1. The highest BCUT2D eigenvalue weighted by atomic mass is 32.2. The predicted octanol–water partition coefficient (Wildman–Crippen LogP) is -0.539. The van der Waals surface area contributed by atoms with Crippen LogP contribution in [-0.4, -0.2) is 58.8 Å². The number of thioether (sulfide) groups is 1. The number of aliphatic hydroxyl groups excluding tert-OH is 1. The Hall–Kier alpha value is -1.28. The summed E-state index contributed by atoms with van der Waals surface area (Å²) in [5.41, 5.74) is 0. The molecule has 0 aromatic carbocycles. The molecule has 8 heteroatoms. The number of esters is 2. The first-order chi connectivity index (χ1) is 9.27. The number of aliphatic hydroxyl groups is 1. The van der Waals surface area contributed by atoms with Gasteiger partial charge in [-0.3, -0.25) is 14.4 Å². The lowest BCUT2D eigenvalue weighted by atomic mass is 10.1. The Balaban J connectivity index is 3.04. The molecule has 2 N–H and O–H groups in total. The van der Waals surface area contributed by atoms with Gasteiger partial charge in [0, 0.05) is 20.8 Å². The highest BCUT2D eigenvalue weighted by Crippen LogP contribution is 2.34. The Labute approximate surface area is 121 Å². The molecular formula is C12H19NO6S. The summed E-state index contributed by atoms with van der Waals surface area (Å²) in [5.74, 6) is -1.48. The SMILES string of the molecule is CS[C@H]1[C@H](O)[C@H](NC(C)=O)[C@@H](OC(C)=O)[C@H]1OC(C)=O. The lowest BCUT2D eigenvalue weighted by Gasteiger charge is -2.25. The van der Waals surface area contributed by atoms with Crippen LogP contribution in [0.5, 0.6) is 0 Å². The van der Waals surface area contributed by atoms with E-state index in [4.69, 9.17) is 9.47 Å². The van der Waals surface area contributed by atoms with Gasteiger partial charge in [-0.1, -0.05) is 0 Å². The first-order valence-electron chi connectivity index (χ1n) is 6.10. The van der Waals surface area contributed by atoms with E-state index in [0.717, 1.165) is 0 Å². The van der Waals surface area contributed by atoms with Gasteiger partial charge >= 0.3 is 11.9 Å². The van der Waals surface area contributed by atoms with Crippen molar-refractivity contribution in [3.63, 3.8) is 0 Å². The summed E-state index contributed by atoms with van der Waals surface area (Å²) >= 11 is 1.28. The van der Waals surface area contributed by atoms with E-state index in [0.29, 0.717) is 0 Å².